The predicted molar refractivity (Wildman–Crippen MR) is 307 cm³/mol. The molecule has 3 aromatic heterocycles. The highest BCUT2D eigenvalue weighted by Crippen LogP contribution is 2.33. The smallest absolute Gasteiger partial charge is 0.284 e. The van der Waals surface area contributed by atoms with E-state index in [9.17, 15) is 37.5 Å². The van der Waals surface area contributed by atoms with Gasteiger partial charge >= 0.3 is 0 Å². The minimum atomic E-state index is -4.49. The van der Waals surface area contributed by atoms with Crippen molar-refractivity contribution in [2.24, 2.45) is 11.3 Å². The fourth-order valence-electron chi connectivity index (χ4n) is 10.0. The molecule has 0 bridgehead atoms. The number of anilines is 2. The Morgan fingerprint density at radius 3 is 2.34 bits per heavy atom. The summed E-state index contributed by atoms with van der Waals surface area (Å²) in [6.07, 6.45) is 6.91. The van der Waals surface area contributed by atoms with Crippen molar-refractivity contribution in [2.75, 3.05) is 23.3 Å². The molecule has 0 saturated carbocycles. The number of aromatic nitrogens is 4. The van der Waals surface area contributed by atoms with E-state index in [1.54, 1.807) is 81.6 Å². The molecule has 0 radical (unpaired) electrons. The first-order chi connectivity index (χ1) is 38.1. The molecule has 0 spiro atoms. The molecule has 80 heavy (non-hydrogen) atoms. The van der Waals surface area contributed by atoms with E-state index >= 15 is 0 Å². The number of aliphatic hydroxyl groups excluding tert-OH is 1. The van der Waals surface area contributed by atoms with Crippen LogP contribution in [0.3, 0.4) is 0 Å². The summed E-state index contributed by atoms with van der Waals surface area (Å²) < 4.78 is 33.2. The van der Waals surface area contributed by atoms with Crippen LogP contribution in [0.4, 0.5) is 10.9 Å². The number of aryl methyl sites for hydroxylation is 1. The van der Waals surface area contributed by atoms with Crippen molar-refractivity contribution in [1.82, 2.24) is 40.0 Å². The Kier molecular flexibility index (Phi) is 16.7. The lowest BCUT2D eigenvalue weighted by Gasteiger charge is -2.35. The number of thiazole rings is 1. The Morgan fingerprint density at radius 1 is 0.887 bits per heavy atom. The molecule has 0 aliphatic carbocycles. The average Bonchev–Trinajstić information content (AvgIpc) is 4.15. The molecule has 20 heteroatoms. The summed E-state index contributed by atoms with van der Waals surface area (Å²) in [5, 5.41) is 24.4. The van der Waals surface area contributed by atoms with Crippen LogP contribution < -0.4 is 25.6 Å². The minimum absolute atomic E-state index is 0.0382. The maximum absolute atomic E-state index is 14.5. The molecule has 414 valence electrons. The lowest BCUT2D eigenvalue weighted by molar-refractivity contribution is -0.144. The fourth-order valence-corrected chi connectivity index (χ4v) is 11.9. The largest absolute Gasteiger partial charge is 0.391 e. The summed E-state index contributed by atoms with van der Waals surface area (Å²) in [6.45, 7) is 12.9. The number of likely N-dealkylation sites (tertiary alicyclic amines) is 1. The summed E-state index contributed by atoms with van der Waals surface area (Å²) in [7, 11) is -4.49. The van der Waals surface area contributed by atoms with Crippen LogP contribution in [0.15, 0.2) is 114 Å². The van der Waals surface area contributed by atoms with Gasteiger partial charge in [-0.25, -0.2) is 23.1 Å². The Morgan fingerprint density at radius 2 is 1.62 bits per heavy atom. The number of fused-ring (bicyclic) bond motifs is 2. The van der Waals surface area contributed by atoms with Gasteiger partial charge in [0.1, 0.15) is 23.6 Å². The van der Waals surface area contributed by atoms with E-state index in [1.165, 1.54) is 28.4 Å². The molecule has 1 saturated heterocycles. The number of para-hydroxylation sites is 1. The summed E-state index contributed by atoms with van der Waals surface area (Å²) in [4.78, 5) is 82.0. The molecule has 5 heterocycles. The number of benzene rings is 4. The number of β-amino-alcohol motifs (C(OH)–C–C–N with tert-alkyl or cyclic N) is 1. The SMILES string of the molecule is C#Cc1ccc(CNC(=O)[C@@H]2C[C@@H](O)CN2C(=O)[C@@H](NC(=O)CCc2ccc(S(=O)(=O)NC(=O)c3nc(N4CCc5cccc(C(=O)Nc6nc7ccccc7s6)c5C4)ccc3-c3cnn(CC(C)C)c3C)cc2)C(C)(C)C)cc1. The van der Waals surface area contributed by atoms with Crippen LogP contribution in [0.25, 0.3) is 21.3 Å². The Labute approximate surface area is 469 Å². The second-order valence-electron chi connectivity index (χ2n) is 21.7. The minimum Gasteiger partial charge on any atom is -0.391 e. The maximum atomic E-state index is 14.5. The topological polar surface area (TPSA) is 238 Å². The van der Waals surface area contributed by atoms with Crippen molar-refractivity contribution >= 4 is 72.1 Å². The number of carbonyl (C=O) groups is 5. The van der Waals surface area contributed by atoms with Gasteiger partial charge in [-0.15, -0.1) is 6.42 Å². The van der Waals surface area contributed by atoms with Gasteiger partial charge in [0.2, 0.25) is 17.7 Å². The number of terminal acetylenes is 1. The molecule has 3 atom stereocenters. The van der Waals surface area contributed by atoms with E-state index in [0.29, 0.717) is 58.3 Å². The Balaban J connectivity index is 0.876. The number of amides is 5. The first-order valence-corrected chi connectivity index (χ1v) is 28.8. The third kappa shape index (κ3) is 12.8. The van der Waals surface area contributed by atoms with Gasteiger partial charge in [0, 0.05) is 73.5 Å². The zero-order valence-corrected chi connectivity index (χ0v) is 47.1. The van der Waals surface area contributed by atoms with E-state index < -0.39 is 57.3 Å². The molecular weight excluding hydrogens is 1050 g/mol. The zero-order chi connectivity index (χ0) is 57.0. The van der Waals surface area contributed by atoms with Crippen molar-refractivity contribution in [2.45, 2.75) is 110 Å². The average molecular weight is 1120 g/mol. The molecule has 2 aliphatic rings. The number of carbonyl (C=O) groups excluding carboxylic acids is 5. The van der Waals surface area contributed by atoms with Crippen molar-refractivity contribution < 1.29 is 37.5 Å². The number of sulfonamides is 1. The van der Waals surface area contributed by atoms with E-state index in [-0.39, 0.29) is 61.3 Å². The maximum Gasteiger partial charge on any atom is 0.284 e. The number of pyridine rings is 1. The highest BCUT2D eigenvalue weighted by molar-refractivity contribution is 7.90. The highest BCUT2D eigenvalue weighted by atomic mass is 32.2. The van der Waals surface area contributed by atoms with E-state index in [1.807, 2.05) is 52.9 Å². The van der Waals surface area contributed by atoms with Gasteiger partial charge in [-0.1, -0.05) is 100 Å². The van der Waals surface area contributed by atoms with Crippen molar-refractivity contribution in [3.05, 3.63) is 154 Å². The van der Waals surface area contributed by atoms with Gasteiger partial charge in [0.25, 0.3) is 21.8 Å². The summed E-state index contributed by atoms with van der Waals surface area (Å²) >= 11 is 1.39. The number of nitrogens with one attached hydrogen (secondary N) is 4. The van der Waals surface area contributed by atoms with Crippen LogP contribution in [-0.4, -0.2) is 99.0 Å². The summed E-state index contributed by atoms with van der Waals surface area (Å²) in [6, 6.07) is 27.7. The molecule has 0 unspecified atom stereocenters. The lowest BCUT2D eigenvalue weighted by Crippen LogP contribution is -2.57. The molecule has 1 fully saturated rings. The quantitative estimate of drug-likeness (QED) is 0.0571. The van der Waals surface area contributed by atoms with Crippen molar-refractivity contribution in [1.29, 1.82) is 0 Å². The van der Waals surface area contributed by atoms with E-state index in [4.69, 9.17) is 11.4 Å². The molecule has 9 rings (SSSR count). The highest BCUT2D eigenvalue weighted by Gasteiger charge is 2.44. The molecule has 2 aliphatic heterocycles. The normalized spacial score (nSPS) is 15.7. The second kappa shape index (κ2) is 23.6. The fraction of sp³-hybridized carbons (Fsp3) is 0.333. The van der Waals surface area contributed by atoms with Gasteiger partial charge in [0.05, 0.1) is 27.4 Å². The standard InChI is InChI=1S/C60H64N10O8S2/c1-8-38-16-18-40(19-17-38)31-61-56(74)49-30-42(71)34-69(49)58(76)54(60(5,6)7)65-52(72)27-22-39-20-23-43(24-21-39)80(77,78)67-57(75)53-44(46-32-62-70(37(46)4)33-36(2)3)25-26-51(64-53)68-29-28-41-12-11-13-45(47(41)35-68)55(73)66-59-63-48-14-9-10-15-50(48)79-59/h1,9-21,23-26,32,36,42,49,54,71H,22,27-31,33-35H2,2-7H3,(H,61,74)(H,65,72)(H,67,75)(H,63,66,73)/t42-,49+,54-/m1/s1. The van der Waals surface area contributed by atoms with Crippen LogP contribution in [0.1, 0.15) is 102 Å². The third-order valence-corrected chi connectivity index (χ3v) is 16.7. The number of rotatable bonds is 17. The second-order valence-corrected chi connectivity index (χ2v) is 24.5. The number of hydrogen-bond acceptors (Lipinski definition) is 13. The lowest BCUT2D eigenvalue weighted by atomic mass is 9.85. The van der Waals surface area contributed by atoms with Crippen molar-refractivity contribution in [3.63, 3.8) is 0 Å². The molecule has 5 N–H and O–H groups in total. The number of aliphatic hydroxyl groups is 1. The predicted octanol–water partition coefficient (Wildman–Crippen LogP) is 7.18. The van der Waals surface area contributed by atoms with Crippen LogP contribution in [0.2, 0.25) is 0 Å². The number of nitrogens with zero attached hydrogens (tertiary/aromatic N) is 6. The molecule has 7 aromatic rings. The van der Waals surface area contributed by atoms with Gasteiger partial charge in [-0.3, -0.25) is 34.0 Å². The van der Waals surface area contributed by atoms with E-state index in [2.05, 4.69) is 50.5 Å². The summed E-state index contributed by atoms with van der Waals surface area (Å²) in [5.74, 6) is 0.578. The van der Waals surface area contributed by atoms with Crippen LogP contribution in [-0.2, 0) is 56.9 Å². The van der Waals surface area contributed by atoms with Gasteiger partial charge in [0.15, 0.2) is 5.13 Å². The van der Waals surface area contributed by atoms with E-state index in [0.717, 1.165) is 32.6 Å². The van der Waals surface area contributed by atoms with Gasteiger partial charge < -0.3 is 25.5 Å². The monoisotopic (exact) mass is 1120 g/mol. The summed E-state index contributed by atoms with van der Waals surface area (Å²) in [5.41, 5.74) is 6.03. The van der Waals surface area contributed by atoms with Gasteiger partial charge in [-0.05, 0) is 108 Å². The van der Waals surface area contributed by atoms with Crippen molar-refractivity contribution in [3.8, 4) is 23.5 Å². The van der Waals surface area contributed by atoms with Gasteiger partial charge in [-0.2, -0.15) is 5.10 Å². The van der Waals surface area contributed by atoms with Crippen LogP contribution in [0.5, 0.6) is 0 Å². The molecular formula is C60H64N10O8S2. The first kappa shape index (κ1) is 56.5. The molecule has 4 aromatic carbocycles. The Bertz CT molecular complexity index is 3620. The number of hydrogen-bond donors (Lipinski definition) is 5. The van der Waals surface area contributed by atoms with Crippen LogP contribution in [0, 0.1) is 30.6 Å². The Hall–Kier alpha value is -8.25. The third-order valence-electron chi connectivity index (χ3n) is 14.4. The zero-order valence-electron chi connectivity index (χ0n) is 45.4. The molecule has 5 amide bonds. The first-order valence-electron chi connectivity index (χ1n) is 26.5. The van der Waals surface area contributed by atoms with Crippen LogP contribution >= 0.6 is 11.3 Å². The molecule has 18 nitrogen and oxygen atoms in total.